The minimum Gasteiger partial charge on any atom is -0.465 e. The van der Waals surface area contributed by atoms with Gasteiger partial charge in [0.25, 0.3) is 0 Å². The zero-order valence-electron chi connectivity index (χ0n) is 17.8. The third-order valence-corrected chi connectivity index (χ3v) is 4.88. The summed E-state index contributed by atoms with van der Waals surface area (Å²) in [5.74, 6) is -1.89. The van der Waals surface area contributed by atoms with Crippen LogP contribution in [-0.4, -0.2) is 51.0 Å². The van der Waals surface area contributed by atoms with Crippen LogP contribution in [0, 0.1) is 24.0 Å². The third-order valence-electron chi connectivity index (χ3n) is 4.88. The molecule has 1 aromatic carbocycles. The Labute approximate surface area is 182 Å². The fourth-order valence-corrected chi connectivity index (χ4v) is 3.43. The highest BCUT2D eigenvalue weighted by Gasteiger charge is 2.21. The van der Waals surface area contributed by atoms with Gasteiger partial charge >= 0.3 is 17.8 Å². The summed E-state index contributed by atoms with van der Waals surface area (Å²) < 4.78 is 12.6. The van der Waals surface area contributed by atoms with E-state index >= 15 is 0 Å². The molecule has 3 aromatic rings. The summed E-state index contributed by atoms with van der Waals surface area (Å²) in [6.07, 6.45) is 2.40. The predicted octanol–water partition coefficient (Wildman–Crippen LogP) is 2.65. The molecule has 0 saturated heterocycles. The van der Waals surface area contributed by atoms with Gasteiger partial charge in [0.1, 0.15) is 6.20 Å². The first-order chi connectivity index (χ1) is 15.2. The van der Waals surface area contributed by atoms with Gasteiger partial charge < -0.3 is 28.7 Å². The highest BCUT2D eigenvalue weighted by atomic mass is 16.6. The van der Waals surface area contributed by atoms with E-state index in [0.717, 1.165) is 0 Å². The molecule has 0 radical (unpaired) electrons. The van der Waals surface area contributed by atoms with Crippen LogP contribution >= 0.6 is 0 Å². The zero-order valence-corrected chi connectivity index (χ0v) is 17.8. The number of hydrogen-bond acceptors (Lipinski definition) is 8. The number of Topliss-reactive ketones (excluding diaryl/α,β-unsaturated/α-hetero) is 1. The number of esters is 2. The number of benzene rings is 1. The standard InChI is InChI=1S/C21H20N4O7/c1-12-5-17(18(26)9-23-10-19(22-11-23)25(29)30)13(2)24(12)16-7-14(20(27)31-3)6-15(8-16)21(28)32-4/h5-8,10-11H,9H2,1-4H3. The van der Waals surface area contributed by atoms with E-state index in [0.29, 0.717) is 22.6 Å². The smallest absolute Gasteiger partial charge is 0.381 e. The van der Waals surface area contributed by atoms with Gasteiger partial charge in [0.15, 0.2) is 5.78 Å². The largest absolute Gasteiger partial charge is 0.465 e. The Balaban J connectivity index is 2.02. The Kier molecular flexibility index (Phi) is 6.19. The van der Waals surface area contributed by atoms with Gasteiger partial charge in [-0.3, -0.25) is 4.79 Å². The first-order valence-corrected chi connectivity index (χ1v) is 9.36. The van der Waals surface area contributed by atoms with Gasteiger partial charge in [0.05, 0.1) is 31.9 Å². The van der Waals surface area contributed by atoms with Crippen molar-refractivity contribution in [2.75, 3.05) is 14.2 Å². The quantitative estimate of drug-likeness (QED) is 0.237. The van der Waals surface area contributed by atoms with Crippen molar-refractivity contribution < 1.29 is 28.8 Å². The van der Waals surface area contributed by atoms with Crippen LogP contribution < -0.4 is 0 Å². The van der Waals surface area contributed by atoms with Crippen molar-refractivity contribution in [2.45, 2.75) is 20.4 Å². The summed E-state index contributed by atoms with van der Waals surface area (Å²) in [6.45, 7) is 3.36. The number of ether oxygens (including phenoxy) is 2. The summed E-state index contributed by atoms with van der Waals surface area (Å²) in [5, 5.41) is 10.8. The molecular formula is C21H20N4O7. The molecule has 32 heavy (non-hydrogen) atoms. The molecular weight excluding hydrogens is 420 g/mol. The maximum atomic E-state index is 12.9. The van der Waals surface area contributed by atoms with Crippen molar-refractivity contribution in [2.24, 2.45) is 0 Å². The highest BCUT2D eigenvalue weighted by Crippen LogP contribution is 2.24. The fraction of sp³-hybridized carbons (Fsp3) is 0.238. The number of ketones is 1. The van der Waals surface area contributed by atoms with E-state index in [1.54, 1.807) is 36.6 Å². The molecule has 0 N–H and O–H groups in total. The maximum Gasteiger partial charge on any atom is 0.381 e. The van der Waals surface area contributed by atoms with Gasteiger partial charge in [-0.25, -0.2) is 9.59 Å². The van der Waals surface area contributed by atoms with Crippen LogP contribution in [0.4, 0.5) is 5.82 Å². The van der Waals surface area contributed by atoms with E-state index in [1.807, 2.05) is 0 Å². The number of hydrogen-bond donors (Lipinski definition) is 0. The number of carbonyl (C=O) groups is 3. The molecule has 0 aliphatic heterocycles. The molecule has 0 saturated carbocycles. The number of carbonyl (C=O) groups excluding carboxylic acids is 3. The number of rotatable bonds is 7. The minimum absolute atomic E-state index is 0.138. The molecule has 11 nitrogen and oxygen atoms in total. The van der Waals surface area contributed by atoms with Gasteiger partial charge in [-0.15, -0.1) is 0 Å². The van der Waals surface area contributed by atoms with Crippen LogP contribution in [-0.2, 0) is 16.0 Å². The maximum absolute atomic E-state index is 12.9. The Morgan fingerprint density at radius 2 is 1.62 bits per heavy atom. The van der Waals surface area contributed by atoms with Gasteiger partial charge in [-0.1, -0.05) is 0 Å². The molecule has 0 atom stereocenters. The number of methoxy groups -OCH3 is 2. The molecule has 0 amide bonds. The molecule has 166 valence electrons. The first kappa shape index (κ1) is 22.4. The van der Waals surface area contributed by atoms with Crippen LogP contribution in [0.2, 0.25) is 0 Å². The molecule has 0 aliphatic rings. The molecule has 0 spiro atoms. The SMILES string of the molecule is COC(=O)c1cc(C(=O)OC)cc(-n2c(C)cc(C(=O)Cn3cnc([N+](=O)[O-])c3)c2C)c1. The van der Waals surface area contributed by atoms with E-state index in [4.69, 9.17) is 9.47 Å². The fourth-order valence-electron chi connectivity index (χ4n) is 3.43. The molecule has 0 fully saturated rings. The monoisotopic (exact) mass is 440 g/mol. The number of nitrogens with zero attached hydrogens (tertiary/aromatic N) is 4. The lowest BCUT2D eigenvalue weighted by atomic mass is 10.1. The predicted molar refractivity (Wildman–Crippen MR) is 111 cm³/mol. The van der Waals surface area contributed by atoms with Crippen molar-refractivity contribution in [3.8, 4) is 5.69 Å². The van der Waals surface area contributed by atoms with Crippen molar-refractivity contribution in [3.05, 3.63) is 75.0 Å². The lowest BCUT2D eigenvalue weighted by Gasteiger charge is -2.13. The Morgan fingerprint density at radius 1 is 1.03 bits per heavy atom. The first-order valence-electron chi connectivity index (χ1n) is 9.36. The van der Waals surface area contributed by atoms with Crippen LogP contribution in [0.5, 0.6) is 0 Å². The van der Waals surface area contributed by atoms with E-state index in [9.17, 15) is 24.5 Å². The second kappa shape index (κ2) is 8.84. The highest BCUT2D eigenvalue weighted by molar-refractivity contribution is 5.98. The van der Waals surface area contributed by atoms with Crippen LogP contribution in [0.25, 0.3) is 5.69 Å². The molecule has 2 aromatic heterocycles. The molecule has 11 heteroatoms. The summed E-state index contributed by atoms with van der Waals surface area (Å²) in [7, 11) is 2.46. The summed E-state index contributed by atoms with van der Waals surface area (Å²) in [4.78, 5) is 50.9. The summed E-state index contributed by atoms with van der Waals surface area (Å²) in [5.41, 5.74) is 2.41. The average Bonchev–Trinajstić information content (AvgIpc) is 3.36. The summed E-state index contributed by atoms with van der Waals surface area (Å²) >= 11 is 0. The second-order valence-corrected chi connectivity index (χ2v) is 6.96. The van der Waals surface area contributed by atoms with Crippen molar-refractivity contribution >= 4 is 23.5 Å². The number of aryl methyl sites for hydroxylation is 1. The van der Waals surface area contributed by atoms with Crippen molar-refractivity contribution in [1.29, 1.82) is 0 Å². The number of aromatic nitrogens is 3. The van der Waals surface area contributed by atoms with Crippen LogP contribution in [0.15, 0.2) is 36.8 Å². The van der Waals surface area contributed by atoms with Gasteiger partial charge in [-0.05, 0) is 48.0 Å². The van der Waals surface area contributed by atoms with Crippen LogP contribution in [0.1, 0.15) is 42.5 Å². The minimum atomic E-state index is -0.639. The van der Waals surface area contributed by atoms with Crippen molar-refractivity contribution in [1.82, 2.24) is 14.1 Å². The molecule has 2 heterocycles. The van der Waals surface area contributed by atoms with E-state index in [1.165, 1.54) is 37.4 Å². The zero-order chi connectivity index (χ0) is 23.6. The third kappa shape index (κ3) is 4.26. The Hall–Kier alpha value is -4.28. The van der Waals surface area contributed by atoms with E-state index in [2.05, 4.69) is 4.98 Å². The van der Waals surface area contributed by atoms with Crippen LogP contribution in [0.3, 0.4) is 0 Å². The molecule has 0 bridgehead atoms. The Bertz CT molecular complexity index is 1200. The molecule has 0 aliphatic carbocycles. The number of nitro groups is 1. The van der Waals surface area contributed by atoms with Gasteiger partial charge in [0.2, 0.25) is 6.33 Å². The second-order valence-electron chi connectivity index (χ2n) is 6.96. The summed E-state index contributed by atoms with van der Waals surface area (Å²) in [6, 6.07) is 6.14. The van der Waals surface area contributed by atoms with Gasteiger partial charge in [-0.2, -0.15) is 0 Å². The lowest BCUT2D eigenvalue weighted by molar-refractivity contribution is -0.389. The topological polar surface area (TPSA) is 136 Å². The van der Waals surface area contributed by atoms with Gasteiger partial charge in [0, 0.05) is 22.6 Å². The molecule has 0 unspecified atom stereocenters. The van der Waals surface area contributed by atoms with Crippen molar-refractivity contribution in [3.63, 3.8) is 0 Å². The van der Waals surface area contributed by atoms with E-state index < -0.39 is 16.9 Å². The van der Waals surface area contributed by atoms with E-state index in [-0.39, 0.29) is 29.3 Å². The Morgan fingerprint density at radius 3 is 2.12 bits per heavy atom. The lowest BCUT2D eigenvalue weighted by Crippen LogP contribution is -2.12. The average molecular weight is 440 g/mol. The molecule has 3 rings (SSSR count). The number of imidazole rings is 1. The normalized spacial score (nSPS) is 10.6.